The highest BCUT2D eigenvalue weighted by molar-refractivity contribution is 6.28. The summed E-state index contributed by atoms with van der Waals surface area (Å²) in [5.41, 5.74) is 0.169. The van der Waals surface area contributed by atoms with Gasteiger partial charge in [0.1, 0.15) is 23.2 Å². The third kappa shape index (κ3) is 2.75. The Kier molecular flexibility index (Phi) is 4.34. The zero-order valence-electron chi connectivity index (χ0n) is 17.5. The van der Waals surface area contributed by atoms with Crippen LogP contribution in [0.2, 0.25) is 0 Å². The van der Waals surface area contributed by atoms with Crippen molar-refractivity contribution in [2.45, 2.75) is 52.7 Å². The van der Waals surface area contributed by atoms with Crippen molar-refractivity contribution in [3.63, 3.8) is 0 Å². The molecule has 2 N–H and O–H groups in total. The Balaban J connectivity index is 1.90. The van der Waals surface area contributed by atoms with Crippen molar-refractivity contribution in [2.24, 2.45) is 11.8 Å². The normalized spacial score (nSPS) is 26.8. The highest BCUT2D eigenvalue weighted by Gasteiger charge is 2.53. The van der Waals surface area contributed by atoms with Gasteiger partial charge in [-0.05, 0) is 45.8 Å². The maximum absolute atomic E-state index is 13.4. The topological polar surface area (TPSA) is 110 Å². The Morgan fingerprint density at radius 2 is 1.87 bits per heavy atom. The number of hydrogen-bond donors (Lipinski definition) is 2. The van der Waals surface area contributed by atoms with Gasteiger partial charge in [0, 0.05) is 29.9 Å². The number of phenolic OH excluding ortho intramolecular Hbond substituents is 2. The lowest BCUT2D eigenvalue weighted by atomic mass is 9.64. The molecule has 1 aromatic rings. The van der Waals surface area contributed by atoms with E-state index in [1.165, 1.54) is 19.9 Å². The quantitative estimate of drug-likeness (QED) is 0.537. The van der Waals surface area contributed by atoms with Gasteiger partial charge in [-0.15, -0.1) is 0 Å². The lowest BCUT2D eigenvalue weighted by Gasteiger charge is -2.48. The zero-order valence-corrected chi connectivity index (χ0v) is 17.5. The molecule has 1 heterocycles. The second-order valence-electron chi connectivity index (χ2n) is 8.78. The van der Waals surface area contributed by atoms with Crippen LogP contribution in [-0.4, -0.2) is 39.5 Å². The van der Waals surface area contributed by atoms with E-state index in [0.717, 1.165) is 5.57 Å². The highest BCUT2D eigenvalue weighted by atomic mass is 16.5. The molecular weight excluding hydrogens is 388 g/mol. The number of carbonyl (C=O) groups is 3. The number of phenols is 2. The lowest BCUT2D eigenvalue weighted by Crippen LogP contribution is -2.50. The van der Waals surface area contributed by atoms with Crippen molar-refractivity contribution in [1.29, 1.82) is 0 Å². The first-order valence-electron chi connectivity index (χ1n) is 9.87. The molecule has 0 saturated carbocycles. The summed E-state index contributed by atoms with van der Waals surface area (Å²) in [6, 6.07) is 1.23. The Morgan fingerprint density at radius 3 is 2.50 bits per heavy atom. The van der Waals surface area contributed by atoms with Gasteiger partial charge in [-0.1, -0.05) is 6.08 Å². The van der Waals surface area contributed by atoms with Crippen LogP contribution in [0.1, 0.15) is 60.4 Å². The van der Waals surface area contributed by atoms with Crippen LogP contribution >= 0.6 is 0 Å². The number of carbonyl (C=O) groups excluding carboxylic acids is 3. The molecule has 0 fully saturated rings. The lowest BCUT2D eigenvalue weighted by molar-refractivity contribution is -0.148. The summed E-state index contributed by atoms with van der Waals surface area (Å²) in [5.74, 6) is -2.76. The van der Waals surface area contributed by atoms with Crippen LogP contribution in [0.25, 0.3) is 0 Å². The van der Waals surface area contributed by atoms with Gasteiger partial charge in [0.15, 0.2) is 11.5 Å². The van der Waals surface area contributed by atoms with Gasteiger partial charge in [0.25, 0.3) is 0 Å². The zero-order chi connectivity index (χ0) is 22.1. The van der Waals surface area contributed by atoms with E-state index >= 15 is 0 Å². The molecule has 3 aliphatic rings. The van der Waals surface area contributed by atoms with Crippen LogP contribution in [0.3, 0.4) is 0 Å². The second kappa shape index (κ2) is 6.45. The van der Waals surface area contributed by atoms with Crippen LogP contribution in [0.5, 0.6) is 11.5 Å². The average molecular weight is 412 g/mol. The summed E-state index contributed by atoms with van der Waals surface area (Å²) in [5, 5.41) is 20.6. The maximum atomic E-state index is 13.4. The first-order valence-corrected chi connectivity index (χ1v) is 9.87. The van der Waals surface area contributed by atoms with Crippen molar-refractivity contribution in [1.82, 2.24) is 0 Å². The van der Waals surface area contributed by atoms with Gasteiger partial charge < -0.3 is 19.7 Å². The van der Waals surface area contributed by atoms with Gasteiger partial charge in [0.05, 0.1) is 11.1 Å². The van der Waals surface area contributed by atoms with Gasteiger partial charge in [-0.25, -0.2) is 0 Å². The molecule has 7 heteroatoms. The van der Waals surface area contributed by atoms with Crippen molar-refractivity contribution in [2.75, 3.05) is 0 Å². The minimum atomic E-state index is -0.811. The fourth-order valence-electron chi connectivity index (χ4n) is 4.80. The highest BCUT2D eigenvalue weighted by Crippen LogP contribution is 2.51. The molecule has 3 atom stereocenters. The van der Waals surface area contributed by atoms with Crippen LogP contribution in [0.4, 0.5) is 0 Å². The third-order valence-corrected chi connectivity index (χ3v) is 6.45. The van der Waals surface area contributed by atoms with E-state index in [1.807, 2.05) is 26.8 Å². The predicted octanol–water partition coefficient (Wildman–Crippen LogP) is 3.36. The summed E-state index contributed by atoms with van der Waals surface area (Å²) in [6.45, 7) is 8.32. The minimum Gasteiger partial charge on any atom is -0.508 e. The fraction of sp³-hybridized carbons (Fsp3) is 0.435. The van der Waals surface area contributed by atoms with Crippen molar-refractivity contribution >= 4 is 17.5 Å². The number of Topliss-reactive ketones (excluding diaryl/α,β-unsaturated/α-hetero) is 2. The molecule has 0 spiro atoms. The molecule has 4 rings (SSSR count). The average Bonchev–Trinajstić information content (AvgIpc) is 2.64. The molecule has 7 nitrogen and oxygen atoms in total. The first-order chi connectivity index (χ1) is 13.9. The fourth-order valence-corrected chi connectivity index (χ4v) is 4.80. The van der Waals surface area contributed by atoms with Gasteiger partial charge in [-0.2, -0.15) is 0 Å². The summed E-state index contributed by atoms with van der Waals surface area (Å²) in [6.07, 6.45) is 1.90. The number of esters is 1. The Morgan fingerprint density at radius 1 is 1.20 bits per heavy atom. The van der Waals surface area contributed by atoms with Crippen LogP contribution in [0.15, 0.2) is 29.0 Å². The van der Waals surface area contributed by atoms with E-state index in [9.17, 15) is 24.6 Å². The van der Waals surface area contributed by atoms with E-state index in [1.54, 1.807) is 0 Å². The number of rotatable bonds is 1. The summed E-state index contributed by atoms with van der Waals surface area (Å²) in [4.78, 5) is 38.2. The molecule has 0 amide bonds. The monoisotopic (exact) mass is 412 g/mol. The number of ketones is 2. The third-order valence-electron chi connectivity index (χ3n) is 6.45. The van der Waals surface area contributed by atoms with E-state index in [-0.39, 0.29) is 45.7 Å². The van der Waals surface area contributed by atoms with Crippen molar-refractivity contribution in [3.05, 3.63) is 45.7 Å². The van der Waals surface area contributed by atoms with Gasteiger partial charge in [-0.3, -0.25) is 14.4 Å². The molecule has 0 radical (unpaired) electrons. The first kappa shape index (κ1) is 20.2. The molecule has 30 heavy (non-hydrogen) atoms. The minimum absolute atomic E-state index is 0.0328. The molecule has 0 saturated heterocycles. The summed E-state index contributed by atoms with van der Waals surface area (Å²) in [7, 11) is 0. The van der Waals surface area contributed by atoms with Crippen LogP contribution in [-0.2, 0) is 14.3 Å². The summed E-state index contributed by atoms with van der Waals surface area (Å²) < 4.78 is 11.5. The van der Waals surface area contributed by atoms with Crippen molar-refractivity contribution in [3.8, 4) is 11.5 Å². The summed E-state index contributed by atoms with van der Waals surface area (Å²) >= 11 is 0. The van der Waals surface area contributed by atoms with Gasteiger partial charge >= 0.3 is 5.97 Å². The molecule has 158 valence electrons. The molecule has 0 bridgehead atoms. The number of fused-ring (bicyclic) bond motifs is 3. The molecule has 1 aliphatic heterocycles. The smallest absolute Gasteiger partial charge is 0.303 e. The van der Waals surface area contributed by atoms with Crippen LogP contribution in [0, 0.1) is 18.8 Å². The molecular formula is C23H24O7. The van der Waals surface area contributed by atoms with E-state index < -0.39 is 34.9 Å². The maximum Gasteiger partial charge on any atom is 0.303 e. The number of allylic oxidation sites excluding steroid dienone is 3. The SMILES string of the molecule is CC(=O)O[C@H]1C[C@H]2[C@@H](C=C1C)C1=C(OC2(C)C)C(=O)c2c(cc(O)c(C)c2O)C1=O. The Hall–Kier alpha value is -3.09. The van der Waals surface area contributed by atoms with Crippen LogP contribution < -0.4 is 0 Å². The number of ether oxygens (including phenoxy) is 2. The van der Waals surface area contributed by atoms with E-state index in [2.05, 4.69) is 0 Å². The molecule has 2 aliphatic carbocycles. The largest absolute Gasteiger partial charge is 0.508 e. The van der Waals surface area contributed by atoms with Gasteiger partial charge in [0.2, 0.25) is 5.78 Å². The molecule has 0 aromatic heterocycles. The Labute approximate surface area is 174 Å². The van der Waals surface area contributed by atoms with E-state index in [0.29, 0.717) is 6.42 Å². The molecule has 0 unspecified atom stereocenters. The number of hydrogen-bond acceptors (Lipinski definition) is 7. The standard InChI is InChI=1S/C23H24O7/c1-9-6-12-14(8-16(9)29-11(3)24)23(4,5)30-22-18(12)20(27)13-7-15(25)10(2)19(26)17(13)21(22)28/h6-7,12,14,16,25-26H,8H2,1-5H3/t12-,14+,16+/m1/s1. The van der Waals surface area contributed by atoms with Crippen molar-refractivity contribution < 1.29 is 34.1 Å². The number of aromatic hydroxyl groups is 2. The van der Waals surface area contributed by atoms with E-state index in [4.69, 9.17) is 9.47 Å². The molecule has 1 aromatic carbocycles. The number of benzene rings is 1. The predicted molar refractivity (Wildman–Crippen MR) is 106 cm³/mol. The second-order valence-corrected chi connectivity index (χ2v) is 8.78. The Bertz CT molecular complexity index is 1070.